The van der Waals surface area contributed by atoms with Gasteiger partial charge >= 0.3 is 0 Å². The largest absolute Gasteiger partial charge is 0.314 e. The molecule has 0 saturated heterocycles. The Hall–Kier alpha value is -0.0400. The van der Waals surface area contributed by atoms with Gasteiger partial charge in [-0.2, -0.15) is 0 Å². The van der Waals surface area contributed by atoms with Gasteiger partial charge in [-0.05, 0) is 44.6 Å². The molecule has 0 rings (SSSR count). The van der Waals surface area contributed by atoms with Crippen LogP contribution < -0.4 is 5.32 Å². The molecule has 1 heteroatoms. The zero-order valence-electron chi connectivity index (χ0n) is 11.4. The highest BCUT2D eigenvalue weighted by Gasteiger charge is 2.40. The Morgan fingerprint density at radius 1 is 0.929 bits per heavy atom. The molecule has 1 atom stereocenters. The Morgan fingerprint density at radius 2 is 1.36 bits per heavy atom. The minimum Gasteiger partial charge on any atom is -0.314 e. The average Bonchev–Trinajstić information content (AvgIpc) is 2.01. The first kappa shape index (κ1) is 14.0. The van der Waals surface area contributed by atoms with Crippen molar-refractivity contribution < 1.29 is 0 Å². The van der Waals surface area contributed by atoms with Crippen LogP contribution in [0.5, 0.6) is 0 Å². The summed E-state index contributed by atoms with van der Waals surface area (Å²) in [7, 11) is 2.07. The van der Waals surface area contributed by atoms with E-state index in [2.05, 4.69) is 60.8 Å². The molecule has 86 valence electrons. The van der Waals surface area contributed by atoms with Crippen molar-refractivity contribution in [1.82, 2.24) is 5.32 Å². The monoisotopic (exact) mass is 199 g/mol. The molecule has 0 aromatic carbocycles. The van der Waals surface area contributed by atoms with Gasteiger partial charge in [0.2, 0.25) is 0 Å². The molecular formula is C13H29N. The second kappa shape index (κ2) is 4.22. The second-order valence-electron chi connectivity index (χ2n) is 6.53. The van der Waals surface area contributed by atoms with Crippen molar-refractivity contribution in [2.24, 2.45) is 10.8 Å². The summed E-state index contributed by atoms with van der Waals surface area (Å²) in [5.41, 5.74) is 0.966. The van der Waals surface area contributed by atoms with Gasteiger partial charge in [-0.25, -0.2) is 0 Å². The lowest BCUT2D eigenvalue weighted by molar-refractivity contribution is 0.0768. The molecule has 0 aromatic rings. The van der Waals surface area contributed by atoms with Crippen LogP contribution in [0.25, 0.3) is 0 Å². The summed E-state index contributed by atoms with van der Waals surface area (Å²) in [6, 6.07) is 0. The normalized spacial score (nSPS) is 18.0. The van der Waals surface area contributed by atoms with Crippen LogP contribution in [0.4, 0.5) is 0 Å². The van der Waals surface area contributed by atoms with Crippen molar-refractivity contribution in [1.29, 1.82) is 0 Å². The lowest BCUT2D eigenvalue weighted by atomic mass is 9.63. The Labute approximate surface area is 90.7 Å². The highest BCUT2D eigenvalue weighted by Crippen LogP contribution is 2.43. The van der Waals surface area contributed by atoms with Crippen molar-refractivity contribution in [2.75, 3.05) is 7.05 Å². The maximum atomic E-state index is 3.46. The molecular weight excluding hydrogens is 170 g/mol. The molecule has 0 spiro atoms. The number of hydrogen-bond acceptors (Lipinski definition) is 1. The van der Waals surface area contributed by atoms with Crippen molar-refractivity contribution >= 4 is 0 Å². The van der Waals surface area contributed by atoms with Crippen LogP contribution in [0, 0.1) is 10.8 Å². The first-order valence-corrected chi connectivity index (χ1v) is 5.77. The predicted molar refractivity (Wildman–Crippen MR) is 65.6 cm³/mol. The summed E-state index contributed by atoms with van der Waals surface area (Å²) in [5.74, 6) is 0. The van der Waals surface area contributed by atoms with E-state index in [4.69, 9.17) is 0 Å². The number of hydrogen-bond donors (Lipinski definition) is 1. The molecule has 14 heavy (non-hydrogen) atoms. The van der Waals surface area contributed by atoms with E-state index in [0.29, 0.717) is 10.8 Å². The Morgan fingerprint density at radius 3 is 1.57 bits per heavy atom. The van der Waals surface area contributed by atoms with E-state index in [0.717, 1.165) is 0 Å². The molecule has 0 aliphatic carbocycles. The maximum Gasteiger partial charge on any atom is 0.0175 e. The van der Waals surface area contributed by atoms with E-state index in [1.165, 1.54) is 12.8 Å². The SMILES string of the molecule is CCC(C)(CC(C)(C)C)C(C)(C)NC. The lowest BCUT2D eigenvalue weighted by Gasteiger charge is -2.47. The summed E-state index contributed by atoms with van der Waals surface area (Å²) in [4.78, 5) is 0. The second-order valence-corrected chi connectivity index (χ2v) is 6.53. The molecule has 0 saturated carbocycles. The molecule has 1 N–H and O–H groups in total. The van der Waals surface area contributed by atoms with Crippen molar-refractivity contribution in [3.05, 3.63) is 0 Å². The minimum absolute atomic E-state index is 0.203. The third kappa shape index (κ3) is 3.27. The molecule has 0 radical (unpaired) electrons. The molecule has 0 fully saturated rings. The molecule has 0 aromatic heterocycles. The average molecular weight is 199 g/mol. The first-order chi connectivity index (χ1) is 6.08. The van der Waals surface area contributed by atoms with Crippen LogP contribution in [0.15, 0.2) is 0 Å². The van der Waals surface area contributed by atoms with Gasteiger partial charge in [-0.1, -0.05) is 34.6 Å². The summed E-state index contributed by atoms with van der Waals surface area (Å²) < 4.78 is 0. The van der Waals surface area contributed by atoms with Gasteiger partial charge < -0.3 is 5.32 Å². The van der Waals surface area contributed by atoms with Crippen LogP contribution >= 0.6 is 0 Å². The van der Waals surface area contributed by atoms with Crippen molar-refractivity contribution in [2.45, 2.75) is 66.8 Å². The first-order valence-electron chi connectivity index (χ1n) is 5.77. The Balaban J connectivity index is 4.81. The van der Waals surface area contributed by atoms with Gasteiger partial charge in [0.05, 0.1) is 0 Å². The third-order valence-electron chi connectivity index (χ3n) is 3.83. The summed E-state index contributed by atoms with van der Waals surface area (Å²) >= 11 is 0. The summed E-state index contributed by atoms with van der Waals surface area (Å²) in [6.07, 6.45) is 2.47. The highest BCUT2D eigenvalue weighted by molar-refractivity contribution is 4.96. The number of nitrogens with one attached hydrogen (secondary N) is 1. The quantitative estimate of drug-likeness (QED) is 0.725. The smallest absolute Gasteiger partial charge is 0.0175 e. The van der Waals surface area contributed by atoms with E-state index >= 15 is 0 Å². The zero-order chi connectivity index (χ0) is 11.6. The zero-order valence-corrected chi connectivity index (χ0v) is 11.4. The van der Waals surface area contributed by atoms with E-state index in [9.17, 15) is 0 Å². The molecule has 1 nitrogen and oxygen atoms in total. The maximum absolute atomic E-state index is 3.46. The van der Waals surface area contributed by atoms with Crippen LogP contribution in [-0.4, -0.2) is 12.6 Å². The molecule has 0 amide bonds. The Kier molecular flexibility index (Phi) is 4.21. The summed E-state index contributed by atoms with van der Waals surface area (Å²) in [5, 5.41) is 3.46. The van der Waals surface area contributed by atoms with E-state index in [-0.39, 0.29) is 5.54 Å². The van der Waals surface area contributed by atoms with Crippen molar-refractivity contribution in [3.63, 3.8) is 0 Å². The van der Waals surface area contributed by atoms with Crippen LogP contribution in [0.1, 0.15) is 61.3 Å². The fourth-order valence-corrected chi connectivity index (χ4v) is 2.26. The van der Waals surface area contributed by atoms with Gasteiger partial charge in [0.15, 0.2) is 0 Å². The van der Waals surface area contributed by atoms with Crippen LogP contribution in [0.2, 0.25) is 0 Å². The van der Waals surface area contributed by atoms with Gasteiger partial charge in [0, 0.05) is 5.54 Å². The van der Waals surface area contributed by atoms with Gasteiger partial charge in [0.25, 0.3) is 0 Å². The molecule has 0 bridgehead atoms. The van der Waals surface area contributed by atoms with E-state index in [1.807, 2.05) is 0 Å². The topological polar surface area (TPSA) is 12.0 Å². The fraction of sp³-hybridized carbons (Fsp3) is 1.00. The third-order valence-corrected chi connectivity index (χ3v) is 3.83. The summed E-state index contributed by atoms with van der Waals surface area (Å²) in [6.45, 7) is 16.3. The van der Waals surface area contributed by atoms with E-state index < -0.39 is 0 Å². The Bertz CT molecular complexity index is 176. The molecule has 0 heterocycles. The number of rotatable bonds is 4. The molecule has 0 aliphatic rings. The van der Waals surface area contributed by atoms with Crippen LogP contribution in [0.3, 0.4) is 0 Å². The van der Waals surface area contributed by atoms with Crippen LogP contribution in [-0.2, 0) is 0 Å². The van der Waals surface area contributed by atoms with Gasteiger partial charge in [-0.15, -0.1) is 0 Å². The minimum atomic E-state index is 0.203. The van der Waals surface area contributed by atoms with Crippen molar-refractivity contribution in [3.8, 4) is 0 Å². The molecule has 1 unspecified atom stereocenters. The van der Waals surface area contributed by atoms with Gasteiger partial charge in [-0.3, -0.25) is 0 Å². The molecule has 0 aliphatic heterocycles. The van der Waals surface area contributed by atoms with Gasteiger partial charge in [0.1, 0.15) is 0 Å². The predicted octanol–water partition coefficient (Wildman–Crippen LogP) is 3.84. The standard InChI is InChI=1S/C13H29N/c1-9-13(7,10-11(2,3)4)12(5,6)14-8/h14H,9-10H2,1-8H3. The highest BCUT2D eigenvalue weighted by atomic mass is 14.9. The lowest BCUT2D eigenvalue weighted by Crippen LogP contribution is -2.52. The van der Waals surface area contributed by atoms with E-state index in [1.54, 1.807) is 0 Å². The fourth-order valence-electron chi connectivity index (χ4n) is 2.26.